The molecule has 0 N–H and O–H groups in total. The van der Waals surface area contributed by atoms with E-state index in [9.17, 15) is 4.79 Å². The Morgan fingerprint density at radius 3 is 3.30 bits per heavy atom. The minimum atomic E-state index is 0.308. The molecule has 2 aliphatic heterocycles. The predicted molar refractivity (Wildman–Crippen MR) is 41.5 cm³/mol. The highest BCUT2D eigenvalue weighted by atomic mass is 32.2. The van der Waals surface area contributed by atoms with E-state index in [2.05, 4.69) is 6.08 Å². The Morgan fingerprint density at radius 1 is 1.60 bits per heavy atom. The zero-order valence-corrected chi connectivity index (χ0v) is 6.49. The molecule has 2 heterocycles. The van der Waals surface area contributed by atoms with Crippen LogP contribution in [0.15, 0.2) is 11.1 Å². The van der Waals surface area contributed by atoms with Gasteiger partial charge < -0.3 is 4.90 Å². The van der Waals surface area contributed by atoms with Crippen LogP contribution in [0.2, 0.25) is 0 Å². The summed E-state index contributed by atoms with van der Waals surface area (Å²) >= 11 is 1.80. The van der Waals surface area contributed by atoms with E-state index in [1.165, 1.54) is 5.03 Å². The molecule has 2 rings (SSSR count). The number of hydrogen-bond acceptors (Lipinski definition) is 2. The molecule has 2 nitrogen and oxygen atoms in total. The largest absolute Gasteiger partial charge is 0.306 e. The number of amides is 1. The van der Waals surface area contributed by atoms with Crippen molar-refractivity contribution in [1.82, 2.24) is 4.90 Å². The van der Waals surface area contributed by atoms with Gasteiger partial charge in [0.15, 0.2) is 0 Å². The first-order valence-corrected chi connectivity index (χ1v) is 4.50. The van der Waals surface area contributed by atoms with Crippen molar-refractivity contribution in [2.45, 2.75) is 12.8 Å². The van der Waals surface area contributed by atoms with Gasteiger partial charge in [-0.2, -0.15) is 0 Å². The van der Waals surface area contributed by atoms with Gasteiger partial charge in [0.1, 0.15) is 0 Å². The lowest BCUT2D eigenvalue weighted by molar-refractivity contribution is -0.128. The minimum absolute atomic E-state index is 0.308. The Labute approximate surface area is 64.3 Å². The Balaban J connectivity index is 2.26. The molecule has 0 atom stereocenters. The standard InChI is InChI=1S/C7H9NOS/c9-6-2-1-3-7-8(6)4-5-10-7/h3H,1-2,4-5H2. The first-order valence-electron chi connectivity index (χ1n) is 3.51. The lowest BCUT2D eigenvalue weighted by Crippen LogP contribution is -2.28. The molecule has 10 heavy (non-hydrogen) atoms. The summed E-state index contributed by atoms with van der Waals surface area (Å²) in [6.07, 6.45) is 3.82. The number of nitrogens with zero attached hydrogens (tertiary/aromatic N) is 1. The van der Waals surface area contributed by atoms with Gasteiger partial charge in [0.05, 0.1) is 5.03 Å². The van der Waals surface area contributed by atoms with Gasteiger partial charge in [-0.3, -0.25) is 4.79 Å². The van der Waals surface area contributed by atoms with E-state index in [-0.39, 0.29) is 0 Å². The molecule has 0 bridgehead atoms. The average Bonchev–Trinajstić information content (AvgIpc) is 2.36. The SMILES string of the molecule is O=C1CCC=C2SCCN12. The lowest BCUT2D eigenvalue weighted by Gasteiger charge is -2.20. The average molecular weight is 155 g/mol. The summed E-state index contributed by atoms with van der Waals surface area (Å²) in [5.74, 6) is 1.39. The molecule has 0 aromatic heterocycles. The topological polar surface area (TPSA) is 20.3 Å². The zero-order valence-electron chi connectivity index (χ0n) is 5.67. The van der Waals surface area contributed by atoms with Gasteiger partial charge in [-0.15, -0.1) is 11.8 Å². The molecule has 0 aromatic carbocycles. The normalized spacial score (nSPS) is 24.6. The van der Waals surface area contributed by atoms with Crippen LogP contribution in [0.25, 0.3) is 0 Å². The maximum Gasteiger partial charge on any atom is 0.227 e. The van der Waals surface area contributed by atoms with Gasteiger partial charge >= 0.3 is 0 Å². The van der Waals surface area contributed by atoms with Gasteiger partial charge in [0.25, 0.3) is 0 Å². The van der Waals surface area contributed by atoms with Crippen LogP contribution in [-0.2, 0) is 4.79 Å². The third-order valence-corrected chi connectivity index (χ3v) is 2.88. The molecule has 0 saturated carbocycles. The van der Waals surface area contributed by atoms with E-state index in [0.717, 1.165) is 18.7 Å². The van der Waals surface area contributed by atoms with Crippen LogP contribution in [0.5, 0.6) is 0 Å². The Kier molecular flexibility index (Phi) is 1.45. The molecular formula is C7H9NOS. The predicted octanol–water partition coefficient (Wildman–Crippen LogP) is 1.20. The summed E-state index contributed by atoms with van der Waals surface area (Å²) in [6.45, 7) is 0.926. The van der Waals surface area contributed by atoms with Crippen LogP contribution < -0.4 is 0 Å². The third-order valence-electron chi connectivity index (χ3n) is 1.81. The maximum absolute atomic E-state index is 11.1. The van der Waals surface area contributed by atoms with E-state index in [0.29, 0.717) is 12.3 Å². The fourth-order valence-corrected chi connectivity index (χ4v) is 2.37. The van der Waals surface area contributed by atoms with Gasteiger partial charge in [0, 0.05) is 18.7 Å². The highest BCUT2D eigenvalue weighted by Gasteiger charge is 2.25. The molecule has 0 unspecified atom stereocenters. The molecule has 1 amide bonds. The van der Waals surface area contributed by atoms with E-state index in [4.69, 9.17) is 0 Å². The van der Waals surface area contributed by atoms with Crippen LogP contribution in [0.4, 0.5) is 0 Å². The Bertz CT molecular complexity index is 200. The van der Waals surface area contributed by atoms with Crippen molar-refractivity contribution >= 4 is 17.7 Å². The Morgan fingerprint density at radius 2 is 2.50 bits per heavy atom. The van der Waals surface area contributed by atoms with Crippen molar-refractivity contribution in [2.75, 3.05) is 12.3 Å². The fourth-order valence-electron chi connectivity index (χ4n) is 1.30. The second kappa shape index (κ2) is 2.31. The maximum atomic E-state index is 11.1. The molecule has 1 fully saturated rings. The van der Waals surface area contributed by atoms with Gasteiger partial charge in [-0.1, -0.05) is 6.08 Å². The fraction of sp³-hybridized carbons (Fsp3) is 0.571. The van der Waals surface area contributed by atoms with Crippen molar-refractivity contribution in [3.63, 3.8) is 0 Å². The van der Waals surface area contributed by atoms with Crippen LogP contribution in [0, 0.1) is 0 Å². The minimum Gasteiger partial charge on any atom is -0.306 e. The summed E-state index contributed by atoms with van der Waals surface area (Å²) in [7, 11) is 0. The highest BCUT2D eigenvalue weighted by molar-refractivity contribution is 8.03. The summed E-state index contributed by atoms with van der Waals surface area (Å²) < 4.78 is 0. The van der Waals surface area contributed by atoms with Crippen molar-refractivity contribution in [2.24, 2.45) is 0 Å². The van der Waals surface area contributed by atoms with Gasteiger partial charge in [-0.25, -0.2) is 0 Å². The summed E-state index contributed by atoms with van der Waals surface area (Å²) in [4.78, 5) is 13.0. The molecule has 1 saturated heterocycles. The van der Waals surface area contributed by atoms with Crippen LogP contribution in [-0.4, -0.2) is 23.1 Å². The number of fused-ring (bicyclic) bond motifs is 1. The molecule has 2 aliphatic rings. The monoisotopic (exact) mass is 155 g/mol. The van der Waals surface area contributed by atoms with Crippen LogP contribution in [0.1, 0.15) is 12.8 Å². The number of hydrogen-bond donors (Lipinski definition) is 0. The molecule has 3 heteroatoms. The second-order valence-electron chi connectivity index (χ2n) is 2.47. The number of allylic oxidation sites excluding steroid dienone is 1. The van der Waals surface area contributed by atoms with Crippen molar-refractivity contribution in [3.8, 4) is 0 Å². The zero-order chi connectivity index (χ0) is 6.97. The molecular weight excluding hydrogens is 146 g/mol. The number of carbonyl (C=O) groups is 1. The van der Waals surface area contributed by atoms with Gasteiger partial charge in [-0.05, 0) is 6.42 Å². The van der Waals surface area contributed by atoms with E-state index >= 15 is 0 Å². The lowest BCUT2D eigenvalue weighted by atomic mass is 10.2. The van der Waals surface area contributed by atoms with E-state index in [1.807, 2.05) is 4.90 Å². The molecule has 54 valence electrons. The molecule has 0 radical (unpaired) electrons. The van der Waals surface area contributed by atoms with E-state index < -0.39 is 0 Å². The van der Waals surface area contributed by atoms with Crippen molar-refractivity contribution < 1.29 is 4.79 Å². The quantitative estimate of drug-likeness (QED) is 0.524. The first-order chi connectivity index (χ1) is 4.88. The third kappa shape index (κ3) is 0.850. The number of rotatable bonds is 0. The van der Waals surface area contributed by atoms with Crippen LogP contribution >= 0.6 is 11.8 Å². The van der Waals surface area contributed by atoms with E-state index in [1.54, 1.807) is 11.8 Å². The summed E-state index contributed by atoms with van der Waals surface area (Å²) in [5, 5.41) is 1.19. The molecule has 0 aliphatic carbocycles. The second-order valence-corrected chi connectivity index (χ2v) is 3.59. The molecule has 0 spiro atoms. The number of carbonyl (C=O) groups excluding carboxylic acids is 1. The first kappa shape index (κ1) is 6.28. The van der Waals surface area contributed by atoms with Crippen molar-refractivity contribution in [1.29, 1.82) is 0 Å². The van der Waals surface area contributed by atoms with Crippen molar-refractivity contribution in [3.05, 3.63) is 11.1 Å². The van der Waals surface area contributed by atoms with Gasteiger partial charge in [0.2, 0.25) is 5.91 Å². The Hall–Kier alpha value is -0.440. The molecule has 0 aromatic rings. The summed E-state index contributed by atoms with van der Waals surface area (Å²) in [5.41, 5.74) is 0. The number of thioether (sulfide) groups is 1. The van der Waals surface area contributed by atoms with Crippen LogP contribution in [0.3, 0.4) is 0 Å². The smallest absolute Gasteiger partial charge is 0.227 e. The highest BCUT2D eigenvalue weighted by Crippen LogP contribution is 2.31. The summed E-state index contributed by atoms with van der Waals surface area (Å²) in [6, 6.07) is 0.